The van der Waals surface area contributed by atoms with Crippen molar-refractivity contribution in [3.63, 3.8) is 0 Å². The molecule has 1 atom stereocenters. The molecule has 0 radical (unpaired) electrons. The zero-order valence-electron chi connectivity index (χ0n) is 11.6. The summed E-state index contributed by atoms with van der Waals surface area (Å²) in [4.78, 5) is 11.4. The van der Waals surface area contributed by atoms with Gasteiger partial charge in [0.1, 0.15) is 5.60 Å². The highest BCUT2D eigenvalue weighted by molar-refractivity contribution is 5.87. The Kier molecular flexibility index (Phi) is 2.76. The SMILES string of the molecule is COc1c2c(cc3ccc(=O)oc13)C[C@@H](O)C(C)(C)O2. The van der Waals surface area contributed by atoms with Crippen molar-refractivity contribution < 1.29 is 19.0 Å². The van der Waals surface area contributed by atoms with Gasteiger partial charge < -0.3 is 19.0 Å². The quantitative estimate of drug-likeness (QED) is 0.805. The van der Waals surface area contributed by atoms with Crippen LogP contribution in [0, 0.1) is 0 Å². The summed E-state index contributed by atoms with van der Waals surface area (Å²) >= 11 is 0. The number of ether oxygens (including phenoxy) is 2. The average Bonchev–Trinajstić information content (AvgIpc) is 2.38. The molecule has 0 saturated heterocycles. The van der Waals surface area contributed by atoms with Gasteiger partial charge in [-0.3, -0.25) is 0 Å². The van der Waals surface area contributed by atoms with Gasteiger partial charge in [0.2, 0.25) is 5.75 Å². The summed E-state index contributed by atoms with van der Waals surface area (Å²) in [5, 5.41) is 10.9. The molecule has 0 bridgehead atoms. The molecule has 0 amide bonds. The summed E-state index contributed by atoms with van der Waals surface area (Å²) in [6.07, 6.45) is -0.138. The first-order valence-electron chi connectivity index (χ1n) is 6.43. The topological polar surface area (TPSA) is 68.9 Å². The van der Waals surface area contributed by atoms with E-state index >= 15 is 0 Å². The van der Waals surface area contributed by atoms with Crippen LogP contribution >= 0.6 is 0 Å². The lowest BCUT2D eigenvalue weighted by Gasteiger charge is -2.37. The van der Waals surface area contributed by atoms with E-state index in [4.69, 9.17) is 13.9 Å². The molecule has 1 aromatic heterocycles. The zero-order valence-corrected chi connectivity index (χ0v) is 11.6. The Bertz CT molecular complexity index is 729. The van der Waals surface area contributed by atoms with Crippen molar-refractivity contribution in [1.82, 2.24) is 0 Å². The summed E-state index contributed by atoms with van der Waals surface area (Å²) < 4.78 is 16.5. The fourth-order valence-electron chi connectivity index (χ4n) is 2.45. The van der Waals surface area contributed by atoms with Crippen molar-refractivity contribution in [2.24, 2.45) is 0 Å². The Morgan fingerprint density at radius 1 is 1.40 bits per heavy atom. The largest absolute Gasteiger partial charge is 0.490 e. The Morgan fingerprint density at radius 2 is 2.15 bits per heavy atom. The van der Waals surface area contributed by atoms with Gasteiger partial charge >= 0.3 is 5.63 Å². The average molecular weight is 276 g/mol. The Hall–Kier alpha value is -2.01. The predicted molar refractivity (Wildman–Crippen MR) is 73.5 cm³/mol. The number of fused-ring (bicyclic) bond motifs is 2. The first kappa shape index (κ1) is 13.0. The molecule has 1 N–H and O–H groups in total. The van der Waals surface area contributed by atoms with Gasteiger partial charge in [0.05, 0.1) is 13.2 Å². The monoisotopic (exact) mass is 276 g/mol. The van der Waals surface area contributed by atoms with Crippen LogP contribution in [0.2, 0.25) is 0 Å². The maximum atomic E-state index is 11.4. The number of benzene rings is 1. The summed E-state index contributed by atoms with van der Waals surface area (Å²) in [6, 6.07) is 4.89. The van der Waals surface area contributed by atoms with Gasteiger partial charge in [0.25, 0.3) is 0 Å². The van der Waals surface area contributed by atoms with Crippen LogP contribution in [0.25, 0.3) is 11.0 Å². The maximum Gasteiger partial charge on any atom is 0.336 e. The Labute approximate surface area is 115 Å². The minimum atomic E-state index is -0.719. The fourth-order valence-corrected chi connectivity index (χ4v) is 2.45. The molecule has 0 spiro atoms. The molecule has 2 heterocycles. The molecule has 0 saturated carbocycles. The van der Waals surface area contributed by atoms with E-state index in [1.54, 1.807) is 6.07 Å². The number of aliphatic hydroxyl groups is 1. The van der Waals surface area contributed by atoms with Crippen molar-refractivity contribution in [2.45, 2.75) is 32.0 Å². The molecule has 2 aromatic rings. The van der Waals surface area contributed by atoms with Crippen molar-refractivity contribution >= 4 is 11.0 Å². The predicted octanol–water partition coefficient (Wildman–Crippen LogP) is 1.88. The second-order valence-electron chi connectivity index (χ2n) is 5.50. The number of rotatable bonds is 1. The van der Waals surface area contributed by atoms with E-state index in [0.717, 1.165) is 10.9 Å². The first-order valence-corrected chi connectivity index (χ1v) is 6.43. The summed E-state index contributed by atoms with van der Waals surface area (Å²) in [7, 11) is 1.50. The summed E-state index contributed by atoms with van der Waals surface area (Å²) in [5.41, 5.74) is 0.0510. The van der Waals surface area contributed by atoms with Gasteiger partial charge in [-0.25, -0.2) is 4.79 Å². The second kappa shape index (κ2) is 4.24. The molecule has 106 valence electrons. The summed E-state index contributed by atoms with van der Waals surface area (Å²) in [5.74, 6) is 0.930. The standard InChI is InChI=1S/C15H16O5/c1-15(2)10(16)7-9-6-8-4-5-11(17)19-12(8)14(18-3)13(9)20-15/h4-6,10,16H,7H2,1-3H3/t10-/m1/s1. The Balaban J connectivity index is 2.32. The van der Waals surface area contributed by atoms with Gasteiger partial charge in [-0.05, 0) is 26.0 Å². The molecule has 3 rings (SSSR count). The van der Waals surface area contributed by atoms with Crippen LogP contribution in [-0.2, 0) is 6.42 Å². The van der Waals surface area contributed by atoms with Crippen molar-refractivity contribution in [1.29, 1.82) is 0 Å². The van der Waals surface area contributed by atoms with Crippen LogP contribution in [0.3, 0.4) is 0 Å². The van der Waals surface area contributed by atoms with Gasteiger partial charge in [-0.1, -0.05) is 0 Å². The number of hydrogen-bond donors (Lipinski definition) is 1. The molecule has 1 aliphatic rings. The van der Waals surface area contributed by atoms with Crippen molar-refractivity contribution in [3.05, 3.63) is 34.2 Å². The van der Waals surface area contributed by atoms with Crippen LogP contribution < -0.4 is 15.1 Å². The van der Waals surface area contributed by atoms with E-state index in [9.17, 15) is 9.90 Å². The molecule has 5 heteroatoms. The third-order valence-electron chi connectivity index (χ3n) is 3.68. The van der Waals surface area contributed by atoms with E-state index in [-0.39, 0.29) is 0 Å². The van der Waals surface area contributed by atoms with Crippen LogP contribution in [0.1, 0.15) is 19.4 Å². The minimum Gasteiger partial charge on any atom is -0.490 e. The third kappa shape index (κ3) is 1.86. The summed E-state index contributed by atoms with van der Waals surface area (Å²) in [6.45, 7) is 3.62. The highest BCUT2D eigenvalue weighted by Crippen LogP contribution is 2.44. The normalized spacial score (nSPS) is 20.3. The Morgan fingerprint density at radius 3 is 2.85 bits per heavy atom. The minimum absolute atomic E-state index is 0.367. The molecule has 1 aromatic carbocycles. The van der Waals surface area contributed by atoms with Gasteiger partial charge in [-0.2, -0.15) is 0 Å². The third-order valence-corrected chi connectivity index (χ3v) is 3.68. The molecule has 0 aliphatic carbocycles. The van der Waals surface area contributed by atoms with Crippen LogP contribution in [0.4, 0.5) is 0 Å². The van der Waals surface area contributed by atoms with E-state index in [0.29, 0.717) is 23.5 Å². The van der Waals surface area contributed by atoms with E-state index in [1.807, 2.05) is 19.9 Å². The first-order chi connectivity index (χ1) is 9.42. The number of methoxy groups -OCH3 is 1. The lowest BCUT2D eigenvalue weighted by molar-refractivity contribution is -0.0424. The molecule has 0 unspecified atom stereocenters. The van der Waals surface area contributed by atoms with Crippen molar-refractivity contribution in [2.75, 3.05) is 7.11 Å². The molecule has 1 aliphatic heterocycles. The smallest absolute Gasteiger partial charge is 0.336 e. The van der Waals surface area contributed by atoms with Gasteiger partial charge in [0.15, 0.2) is 11.3 Å². The molecular formula is C15H16O5. The molecule has 0 fully saturated rings. The lowest BCUT2D eigenvalue weighted by Crippen LogP contribution is -2.46. The highest BCUT2D eigenvalue weighted by atomic mass is 16.5. The zero-order chi connectivity index (χ0) is 14.5. The fraction of sp³-hybridized carbons (Fsp3) is 0.400. The molecule has 5 nitrogen and oxygen atoms in total. The van der Waals surface area contributed by atoms with Crippen LogP contribution in [0.15, 0.2) is 27.4 Å². The molecule has 20 heavy (non-hydrogen) atoms. The van der Waals surface area contributed by atoms with Crippen LogP contribution in [-0.4, -0.2) is 23.9 Å². The molecular weight excluding hydrogens is 260 g/mol. The van der Waals surface area contributed by atoms with E-state index in [1.165, 1.54) is 13.2 Å². The highest BCUT2D eigenvalue weighted by Gasteiger charge is 2.38. The van der Waals surface area contributed by atoms with Gasteiger partial charge in [0, 0.05) is 23.4 Å². The lowest BCUT2D eigenvalue weighted by atomic mass is 9.90. The van der Waals surface area contributed by atoms with E-state index in [2.05, 4.69) is 0 Å². The van der Waals surface area contributed by atoms with Crippen LogP contribution in [0.5, 0.6) is 11.5 Å². The van der Waals surface area contributed by atoms with E-state index < -0.39 is 17.3 Å². The second-order valence-corrected chi connectivity index (χ2v) is 5.50. The van der Waals surface area contributed by atoms with Gasteiger partial charge in [-0.15, -0.1) is 0 Å². The number of aliphatic hydroxyl groups excluding tert-OH is 1. The number of hydrogen-bond acceptors (Lipinski definition) is 5. The van der Waals surface area contributed by atoms with Crippen molar-refractivity contribution in [3.8, 4) is 11.5 Å². The maximum absolute atomic E-state index is 11.4.